The number of hydrogen-bond donors (Lipinski definition) is 1. The van der Waals surface area contributed by atoms with Crippen LogP contribution < -0.4 is 5.73 Å². The van der Waals surface area contributed by atoms with Crippen molar-refractivity contribution in [3.8, 4) is 0 Å². The molecule has 1 heteroatoms. The van der Waals surface area contributed by atoms with Crippen LogP contribution in [0.15, 0.2) is 0 Å². The van der Waals surface area contributed by atoms with Crippen molar-refractivity contribution in [3.05, 3.63) is 0 Å². The molecule has 0 aromatic carbocycles. The lowest BCUT2D eigenvalue weighted by Gasteiger charge is -2.30. The van der Waals surface area contributed by atoms with Crippen LogP contribution in [0.1, 0.15) is 117 Å². The van der Waals surface area contributed by atoms with Crippen molar-refractivity contribution in [2.45, 2.75) is 123 Å². The SMILES string of the molecule is CCCCCCC(N)(CCCCCC)CCCCCC. The van der Waals surface area contributed by atoms with Gasteiger partial charge in [-0.3, -0.25) is 0 Å². The lowest BCUT2D eigenvalue weighted by molar-refractivity contribution is 0.304. The molecule has 0 amide bonds. The van der Waals surface area contributed by atoms with Crippen LogP contribution in [0.4, 0.5) is 0 Å². The molecule has 0 bridgehead atoms. The van der Waals surface area contributed by atoms with Crippen molar-refractivity contribution in [1.29, 1.82) is 0 Å². The van der Waals surface area contributed by atoms with E-state index in [1.54, 1.807) is 0 Å². The van der Waals surface area contributed by atoms with E-state index >= 15 is 0 Å². The van der Waals surface area contributed by atoms with Gasteiger partial charge in [-0.15, -0.1) is 0 Å². The summed E-state index contributed by atoms with van der Waals surface area (Å²) in [6, 6.07) is 0. The Morgan fingerprint density at radius 2 is 0.800 bits per heavy atom. The molecule has 0 aromatic heterocycles. The summed E-state index contributed by atoms with van der Waals surface area (Å²) >= 11 is 0. The quantitative estimate of drug-likeness (QED) is 0.337. The Morgan fingerprint density at radius 1 is 0.500 bits per heavy atom. The van der Waals surface area contributed by atoms with Gasteiger partial charge in [0.2, 0.25) is 0 Å². The van der Waals surface area contributed by atoms with Gasteiger partial charge in [0.05, 0.1) is 0 Å². The molecule has 1 nitrogen and oxygen atoms in total. The fraction of sp³-hybridized carbons (Fsp3) is 1.00. The maximum Gasteiger partial charge on any atom is 0.0154 e. The summed E-state index contributed by atoms with van der Waals surface area (Å²) in [7, 11) is 0. The molecule has 0 aliphatic carbocycles. The van der Waals surface area contributed by atoms with Gasteiger partial charge < -0.3 is 5.73 Å². The second kappa shape index (κ2) is 13.9. The number of hydrogen-bond acceptors (Lipinski definition) is 1. The second-order valence-electron chi connectivity index (χ2n) is 6.79. The maximum atomic E-state index is 6.74. The molecular formula is C19H41N. The Morgan fingerprint density at radius 3 is 1.05 bits per heavy atom. The molecule has 0 heterocycles. The van der Waals surface area contributed by atoms with E-state index in [0.29, 0.717) is 0 Å². The third-order valence-corrected chi connectivity index (χ3v) is 4.58. The maximum absolute atomic E-state index is 6.74. The van der Waals surface area contributed by atoms with E-state index < -0.39 is 0 Å². The summed E-state index contributed by atoms with van der Waals surface area (Å²) in [5.41, 5.74) is 6.89. The van der Waals surface area contributed by atoms with Gasteiger partial charge in [0, 0.05) is 5.54 Å². The first kappa shape index (κ1) is 20.0. The summed E-state index contributed by atoms with van der Waals surface area (Å²) < 4.78 is 0. The van der Waals surface area contributed by atoms with Crippen LogP contribution in [0.3, 0.4) is 0 Å². The van der Waals surface area contributed by atoms with Crippen molar-refractivity contribution in [1.82, 2.24) is 0 Å². The van der Waals surface area contributed by atoms with Crippen molar-refractivity contribution in [2.75, 3.05) is 0 Å². The molecule has 20 heavy (non-hydrogen) atoms. The van der Waals surface area contributed by atoms with Crippen molar-refractivity contribution in [2.24, 2.45) is 5.73 Å². The minimum Gasteiger partial charge on any atom is -0.325 e. The lowest BCUT2D eigenvalue weighted by Crippen LogP contribution is -2.39. The van der Waals surface area contributed by atoms with E-state index in [9.17, 15) is 0 Å². The largest absolute Gasteiger partial charge is 0.325 e. The summed E-state index contributed by atoms with van der Waals surface area (Å²) in [5.74, 6) is 0. The highest BCUT2D eigenvalue weighted by atomic mass is 14.7. The highest BCUT2D eigenvalue weighted by Gasteiger charge is 2.23. The predicted molar refractivity (Wildman–Crippen MR) is 93.2 cm³/mol. The fourth-order valence-electron chi connectivity index (χ4n) is 3.09. The highest BCUT2D eigenvalue weighted by molar-refractivity contribution is 4.84. The fourth-order valence-corrected chi connectivity index (χ4v) is 3.09. The van der Waals surface area contributed by atoms with E-state index in [1.807, 2.05) is 0 Å². The average molecular weight is 284 g/mol. The minimum atomic E-state index is 0.148. The van der Waals surface area contributed by atoms with Crippen LogP contribution in [0.5, 0.6) is 0 Å². The van der Waals surface area contributed by atoms with Gasteiger partial charge in [0.25, 0.3) is 0 Å². The Balaban J connectivity index is 3.98. The van der Waals surface area contributed by atoms with Gasteiger partial charge in [0.1, 0.15) is 0 Å². The summed E-state index contributed by atoms with van der Waals surface area (Å²) in [6.07, 6.45) is 20.0. The van der Waals surface area contributed by atoms with E-state index in [1.165, 1.54) is 96.3 Å². The molecular weight excluding hydrogens is 242 g/mol. The molecule has 122 valence electrons. The number of rotatable bonds is 15. The monoisotopic (exact) mass is 283 g/mol. The van der Waals surface area contributed by atoms with Crippen LogP contribution in [0.2, 0.25) is 0 Å². The van der Waals surface area contributed by atoms with Gasteiger partial charge in [-0.2, -0.15) is 0 Å². The summed E-state index contributed by atoms with van der Waals surface area (Å²) in [6.45, 7) is 6.85. The van der Waals surface area contributed by atoms with Crippen molar-refractivity contribution in [3.63, 3.8) is 0 Å². The van der Waals surface area contributed by atoms with Gasteiger partial charge in [0.15, 0.2) is 0 Å². The smallest absolute Gasteiger partial charge is 0.0154 e. The molecule has 0 aliphatic heterocycles. The van der Waals surface area contributed by atoms with E-state index in [0.717, 1.165) is 0 Å². The molecule has 0 rings (SSSR count). The number of unbranched alkanes of at least 4 members (excludes halogenated alkanes) is 9. The third kappa shape index (κ3) is 11.8. The summed E-state index contributed by atoms with van der Waals surface area (Å²) in [4.78, 5) is 0. The zero-order valence-corrected chi connectivity index (χ0v) is 14.7. The van der Waals surface area contributed by atoms with Crippen LogP contribution in [-0.4, -0.2) is 5.54 Å². The molecule has 0 saturated carbocycles. The molecule has 0 aliphatic rings. The minimum absolute atomic E-state index is 0.148. The molecule has 0 unspecified atom stereocenters. The number of nitrogens with two attached hydrogens (primary N) is 1. The van der Waals surface area contributed by atoms with E-state index in [2.05, 4.69) is 20.8 Å². The van der Waals surface area contributed by atoms with Crippen molar-refractivity contribution >= 4 is 0 Å². The predicted octanol–water partition coefficient (Wildman–Crippen LogP) is 6.60. The third-order valence-electron chi connectivity index (χ3n) is 4.58. The van der Waals surface area contributed by atoms with Gasteiger partial charge in [-0.05, 0) is 19.3 Å². The molecule has 0 aromatic rings. The first-order chi connectivity index (χ1) is 9.68. The van der Waals surface area contributed by atoms with Gasteiger partial charge in [-0.25, -0.2) is 0 Å². The molecule has 2 N–H and O–H groups in total. The van der Waals surface area contributed by atoms with Gasteiger partial charge >= 0.3 is 0 Å². The lowest BCUT2D eigenvalue weighted by atomic mass is 9.83. The first-order valence-electron chi connectivity index (χ1n) is 9.47. The zero-order valence-electron chi connectivity index (χ0n) is 14.7. The molecule has 0 saturated heterocycles. The average Bonchev–Trinajstić information content (AvgIpc) is 2.45. The first-order valence-corrected chi connectivity index (χ1v) is 9.47. The highest BCUT2D eigenvalue weighted by Crippen LogP contribution is 2.26. The Kier molecular flexibility index (Phi) is 13.9. The normalized spacial score (nSPS) is 12.0. The Hall–Kier alpha value is -0.0400. The molecule has 0 fully saturated rings. The second-order valence-corrected chi connectivity index (χ2v) is 6.79. The van der Waals surface area contributed by atoms with Gasteiger partial charge in [-0.1, -0.05) is 97.8 Å². The van der Waals surface area contributed by atoms with Crippen LogP contribution in [0.25, 0.3) is 0 Å². The standard InChI is InChI=1S/C19H41N/c1-4-7-10-13-16-19(20,17-14-11-8-5-2)18-15-12-9-6-3/h4-18,20H2,1-3H3. The topological polar surface area (TPSA) is 26.0 Å². The molecule has 0 atom stereocenters. The Bertz CT molecular complexity index is 157. The van der Waals surface area contributed by atoms with Crippen LogP contribution >= 0.6 is 0 Å². The van der Waals surface area contributed by atoms with Crippen LogP contribution in [-0.2, 0) is 0 Å². The molecule has 0 spiro atoms. The summed E-state index contributed by atoms with van der Waals surface area (Å²) in [5, 5.41) is 0. The van der Waals surface area contributed by atoms with Crippen molar-refractivity contribution < 1.29 is 0 Å². The molecule has 0 radical (unpaired) electrons. The van der Waals surface area contributed by atoms with E-state index in [-0.39, 0.29) is 5.54 Å². The van der Waals surface area contributed by atoms with Crippen LogP contribution in [0, 0.1) is 0 Å². The van der Waals surface area contributed by atoms with E-state index in [4.69, 9.17) is 5.73 Å². The zero-order chi connectivity index (χ0) is 15.1. The Labute approximate surface area is 129 Å².